The van der Waals surface area contributed by atoms with E-state index >= 15 is 0 Å². The third-order valence-corrected chi connectivity index (χ3v) is 2.90. The molecule has 0 N–H and O–H groups in total. The van der Waals surface area contributed by atoms with Crippen molar-refractivity contribution in [3.05, 3.63) is 60.2 Å². The zero-order valence-electron chi connectivity index (χ0n) is 10.9. The molecule has 0 aliphatic heterocycles. The molecule has 3 aromatic heterocycles. The molecule has 0 aromatic carbocycles. The summed E-state index contributed by atoms with van der Waals surface area (Å²) in [5.74, 6) is 0.669. The minimum Gasteiger partial charge on any atom is -0.298 e. The van der Waals surface area contributed by atoms with Crippen LogP contribution >= 0.6 is 0 Å². The number of pyridine rings is 2. The molecule has 0 radical (unpaired) electrons. The van der Waals surface area contributed by atoms with Gasteiger partial charge in [0.25, 0.3) is 0 Å². The second-order valence-electron chi connectivity index (χ2n) is 4.43. The highest BCUT2D eigenvalue weighted by Crippen LogP contribution is 2.22. The lowest BCUT2D eigenvalue weighted by atomic mass is 10.1. The van der Waals surface area contributed by atoms with Crippen LogP contribution in [-0.2, 0) is 0 Å². The summed E-state index contributed by atoms with van der Waals surface area (Å²) in [6.45, 7) is 1.95. The van der Waals surface area contributed by atoms with Gasteiger partial charge in [-0.2, -0.15) is 5.10 Å². The SMILES string of the molecule is Cc1cncc(-c2nn(-c3ccccn3)cc2C=O)c1. The van der Waals surface area contributed by atoms with Crippen molar-refractivity contribution in [2.24, 2.45) is 0 Å². The predicted octanol–water partition coefficient (Wildman–Crippen LogP) is 2.45. The molecule has 0 aliphatic rings. The standard InChI is InChI=1S/C15H12N4O/c1-11-6-12(8-16-7-11)15-13(10-20)9-19(18-15)14-4-2-3-5-17-14/h2-10H,1H3. The number of carbonyl (C=O) groups is 1. The van der Waals surface area contributed by atoms with Crippen LogP contribution in [0.15, 0.2) is 49.1 Å². The first-order chi connectivity index (χ1) is 9.78. The van der Waals surface area contributed by atoms with Crippen molar-refractivity contribution in [1.29, 1.82) is 0 Å². The summed E-state index contributed by atoms with van der Waals surface area (Å²) < 4.78 is 1.60. The van der Waals surface area contributed by atoms with Crippen LogP contribution in [0.4, 0.5) is 0 Å². The van der Waals surface area contributed by atoms with Crippen molar-refractivity contribution in [3.63, 3.8) is 0 Å². The normalized spacial score (nSPS) is 10.4. The third kappa shape index (κ3) is 2.21. The number of carbonyl (C=O) groups excluding carboxylic acids is 1. The molecule has 0 saturated heterocycles. The Balaban J connectivity index is 2.13. The molecule has 0 aliphatic carbocycles. The number of hydrogen-bond donors (Lipinski definition) is 0. The van der Waals surface area contributed by atoms with E-state index in [-0.39, 0.29) is 0 Å². The van der Waals surface area contributed by atoms with Crippen LogP contribution in [0.1, 0.15) is 15.9 Å². The van der Waals surface area contributed by atoms with Gasteiger partial charge in [-0.1, -0.05) is 6.07 Å². The summed E-state index contributed by atoms with van der Waals surface area (Å²) in [4.78, 5) is 19.6. The second-order valence-corrected chi connectivity index (χ2v) is 4.43. The van der Waals surface area contributed by atoms with Gasteiger partial charge in [0.1, 0.15) is 5.69 Å². The van der Waals surface area contributed by atoms with Gasteiger partial charge in [0.05, 0.1) is 5.56 Å². The van der Waals surface area contributed by atoms with E-state index in [2.05, 4.69) is 15.1 Å². The average Bonchev–Trinajstić information content (AvgIpc) is 2.92. The molecule has 0 saturated carbocycles. The lowest BCUT2D eigenvalue weighted by Crippen LogP contribution is -1.97. The highest BCUT2D eigenvalue weighted by molar-refractivity contribution is 5.85. The molecule has 0 bridgehead atoms. The van der Waals surface area contributed by atoms with E-state index < -0.39 is 0 Å². The van der Waals surface area contributed by atoms with Crippen LogP contribution in [-0.4, -0.2) is 26.0 Å². The number of nitrogens with zero attached hydrogens (tertiary/aromatic N) is 4. The highest BCUT2D eigenvalue weighted by atomic mass is 16.1. The largest absolute Gasteiger partial charge is 0.298 e. The Bertz CT molecular complexity index is 750. The van der Waals surface area contributed by atoms with Crippen LogP contribution in [0.2, 0.25) is 0 Å². The van der Waals surface area contributed by atoms with Crippen molar-refractivity contribution in [2.75, 3.05) is 0 Å². The molecule has 0 atom stereocenters. The summed E-state index contributed by atoms with van der Waals surface area (Å²) in [6, 6.07) is 7.49. The Labute approximate surface area is 115 Å². The maximum Gasteiger partial charge on any atom is 0.153 e. The number of aldehydes is 1. The van der Waals surface area contributed by atoms with Crippen LogP contribution in [0.25, 0.3) is 17.1 Å². The minimum atomic E-state index is 0.517. The number of aromatic nitrogens is 4. The fraction of sp³-hybridized carbons (Fsp3) is 0.0667. The molecule has 98 valence electrons. The Kier molecular flexibility index (Phi) is 3.09. The Morgan fingerprint density at radius 1 is 1.25 bits per heavy atom. The van der Waals surface area contributed by atoms with Gasteiger partial charge in [-0.05, 0) is 30.7 Å². The summed E-state index contributed by atoms with van der Waals surface area (Å²) in [6.07, 6.45) is 7.62. The molecule has 3 rings (SSSR count). The highest BCUT2D eigenvalue weighted by Gasteiger charge is 2.12. The van der Waals surface area contributed by atoms with Crippen molar-refractivity contribution in [2.45, 2.75) is 6.92 Å². The summed E-state index contributed by atoms with van der Waals surface area (Å²) in [7, 11) is 0. The fourth-order valence-electron chi connectivity index (χ4n) is 1.99. The zero-order valence-corrected chi connectivity index (χ0v) is 10.9. The number of hydrogen-bond acceptors (Lipinski definition) is 4. The van der Waals surface area contributed by atoms with E-state index in [4.69, 9.17) is 0 Å². The molecule has 0 unspecified atom stereocenters. The van der Waals surface area contributed by atoms with Crippen LogP contribution in [0.5, 0.6) is 0 Å². The number of aryl methyl sites for hydroxylation is 1. The van der Waals surface area contributed by atoms with Crippen LogP contribution in [0.3, 0.4) is 0 Å². The van der Waals surface area contributed by atoms with E-state index in [0.717, 1.165) is 17.4 Å². The molecular weight excluding hydrogens is 252 g/mol. The molecule has 5 heteroatoms. The Morgan fingerprint density at radius 3 is 2.85 bits per heavy atom. The van der Waals surface area contributed by atoms with Crippen molar-refractivity contribution in [1.82, 2.24) is 19.7 Å². The Hall–Kier alpha value is -2.82. The van der Waals surface area contributed by atoms with Crippen LogP contribution in [0, 0.1) is 6.92 Å². The maximum atomic E-state index is 11.2. The topological polar surface area (TPSA) is 60.7 Å². The van der Waals surface area contributed by atoms with Crippen molar-refractivity contribution < 1.29 is 4.79 Å². The summed E-state index contributed by atoms with van der Waals surface area (Å²) in [5.41, 5.74) is 2.97. The maximum absolute atomic E-state index is 11.2. The first-order valence-electron chi connectivity index (χ1n) is 6.16. The lowest BCUT2D eigenvalue weighted by molar-refractivity contribution is 0.112. The van der Waals surface area contributed by atoms with Gasteiger partial charge < -0.3 is 0 Å². The van der Waals surface area contributed by atoms with Crippen LogP contribution < -0.4 is 0 Å². The predicted molar refractivity (Wildman–Crippen MR) is 74.7 cm³/mol. The van der Waals surface area contributed by atoms with E-state index in [1.807, 2.05) is 31.2 Å². The smallest absolute Gasteiger partial charge is 0.153 e. The number of rotatable bonds is 3. The van der Waals surface area contributed by atoms with Gasteiger partial charge in [-0.25, -0.2) is 9.67 Å². The third-order valence-electron chi connectivity index (χ3n) is 2.90. The molecule has 0 amide bonds. The molecule has 3 heterocycles. The zero-order chi connectivity index (χ0) is 13.9. The van der Waals surface area contributed by atoms with E-state index in [9.17, 15) is 4.79 Å². The first-order valence-corrected chi connectivity index (χ1v) is 6.16. The van der Waals surface area contributed by atoms with Gasteiger partial charge in [-0.15, -0.1) is 0 Å². The van der Waals surface area contributed by atoms with Gasteiger partial charge >= 0.3 is 0 Å². The monoisotopic (exact) mass is 264 g/mol. The second kappa shape index (κ2) is 5.05. The Morgan fingerprint density at radius 2 is 2.15 bits per heavy atom. The van der Waals surface area contributed by atoms with Gasteiger partial charge in [0.2, 0.25) is 0 Å². The summed E-state index contributed by atoms with van der Waals surface area (Å²) in [5, 5.41) is 4.45. The molecular formula is C15H12N4O. The van der Waals surface area contributed by atoms with Gasteiger partial charge in [0, 0.05) is 30.4 Å². The van der Waals surface area contributed by atoms with Gasteiger partial charge in [0.15, 0.2) is 12.1 Å². The van der Waals surface area contributed by atoms with E-state index in [1.165, 1.54) is 0 Å². The molecule has 20 heavy (non-hydrogen) atoms. The molecule has 5 nitrogen and oxygen atoms in total. The summed E-state index contributed by atoms with van der Waals surface area (Å²) >= 11 is 0. The molecule has 0 fully saturated rings. The van der Waals surface area contributed by atoms with Crippen molar-refractivity contribution in [3.8, 4) is 17.1 Å². The lowest BCUT2D eigenvalue weighted by Gasteiger charge is -2.00. The minimum absolute atomic E-state index is 0.517. The van der Waals surface area contributed by atoms with E-state index in [0.29, 0.717) is 17.1 Å². The van der Waals surface area contributed by atoms with Crippen molar-refractivity contribution >= 4 is 6.29 Å². The van der Waals surface area contributed by atoms with E-state index in [1.54, 1.807) is 29.5 Å². The fourth-order valence-corrected chi connectivity index (χ4v) is 1.99. The first kappa shape index (κ1) is 12.2. The average molecular weight is 264 g/mol. The molecule has 0 spiro atoms. The quantitative estimate of drug-likeness (QED) is 0.682. The van der Waals surface area contributed by atoms with Gasteiger partial charge in [-0.3, -0.25) is 9.78 Å². The molecule has 3 aromatic rings.